The SMILES string of the molecule is CSc1ccccc1C(=O)N(CCCl)CC(F)F. The van der Waals surface area contributed by atoms with Crippen LogP contribution in [0.15, 0.2) is 29.2 Å². The maximum absolute atomic E-state index is 12.4. The average Bonchev–Trinajstić information content (AvgIpc) is 2.37. The highest BCUT2D eigenvalue weighted by molar-refractivity contribution is 7.98. The first-order chi connectivity index (χ1) is 8.60. The predicted octanol–water partition coefficient (Wildman–Crippen LogP) is 3.35. The Kier molecular flexibility index (Phi) is 6.43. The first-order valence-electron chi connectivity index (χ1n) is 5.36. The third-order valence-corrected chi connectivity index (χ3v) is 3.30. The van der Waals surface area contributed by atoms with E-state index in [1.54, 1.807) is 18.2 Å². The summed E-state index contributed by atoms with van der Waals surface area (Å²) in [5.74, 6) is -0.263. The molecule has 1 rings (SSSR count). The van der Waals surface area contributed by atoms with Gasteiger partial charge in [0.15, 0.2) is 0 Å². The molecule has 0 unspecified atom stereocenters. The van der Waals surface area contributed by atoms with Gasteiger partial charge < -0.3 is 4.90 Å². The van der Waals surface area contributed by atoms with Gasteiger partial charge in [0.05, 0.1) is 12.1 Å². The van der Waals surface area contributed by atoms with Gasteiger partial charge in [0.2, 0.25) is 0 Å². The lowest BCUT2D eigenvalue weighted by Crippen LogP contribution is -2.36. The van der Waals surface area contributed by atoms with Crippen molar-refractivity contribution in [3.8, 4) is 0 Å². The van der Waals surface area contributed by atoms with Crippen molar-refractivity contribution in [2.24, 2.45) is 0 Å². The number of hydrogen-bond donors (Lipinski definition) is 0. The number of rotatable bonds is 6. The number of amides is 1. The molecule has 0 aliphatic carbocycles. The maximum Gasteiger partial charge on any atom is 0.255 e. The van der Waals surface area contributed by atoms with E-state index in [1.165, 1.54) is 11.8 Å². The second-order valence-corrected chi connectivity index (χ2v) is 4.76. The number of carbonyl (C=O) groups excluding carboxylic acids is 1. The second kappa shape index (κ2) is 7.59. The van der Waals surface area contributed by atoms with Crippen molar-refractivity contribution in [1.29, 1.82) is 0 Å². The summed E-state index contributed by atoms with van der Waals surface area (Å²) in [4.78, 5) is 14.0. The summed E-state index contributed by atoms with van der Waals surface area (Å²) in [6.45, 7) is -0.471. The molecule has 0 radical (unpaired) electrons. The highest BCUT2D eigenvalue weighted by atomic mass is 35.5. The van der Waals surface area contributed by atoms with Gasteiger partial charge in [-0.05, 0) is 18.4 Å². The molecule has 1 amide bonds. The quantitative estimate of drug-likeness (QED) is 0.592. The molecule has 18 heavy (non-hydrogen) atoms. The van der Waals surface area contributed by atoms with Crippen molar-refractivity contribution >= 4 is 29.3 Å². The molecule has 0 spiro atoms. The summed E-state index contributed by atoms with van der Waals surface area (Å²) in [5.41, 5.74) is 0.441. The van der Waals surface area contributed by atoms with Gasteiger partial charge in [-0.15, -0.1) is 23.4 Å². The predicted molar refractivity (Wildman–Crippen MR) is 70.9 cm³/mol. The molecule has 0 saturated heterocycles. The van der Waals surface area contributed by atoms with Crippen molar-refractivity contribution in [3.05, 3.63) is 29.8 Å². The molecule has 0 aromatic heterocycles. The van der Waals surface area contributed by atoms with Crippen molar-refractivity contribution in [1.82, 2.24) is 4.90 Å². The van der Waals surface area contributed by atoms with Gasteiger partial charge in [-0.1, -0.05) is 12.1 Å². The van der Waals surface area contributed by atoms with Crippen molar-refractivity contribution in [2.45, 2.75) is 11.3 Å². The lowest BCUT2D eigenvalue weighted by molar-refractivity contribution is 0.0568. The van der Waals surface area contributed by atoms with Crippen molar-refractivity contribution in [2.75, 3.05) is 25.2 Å². The topological polar surface area (TPSA) is 20.3 Å². The van der Waals surface area contributed by atoms with Crippen LogP contribution in [0.1, 0.15) is 10.4 Å². The summed E-state index contributed by atoms with van der Waals surface area (Å²) >= 11 is 6.95. The molecule has 100 valence electrons. The summed E-state index contributed by atoms with van der Waals surface area (Å²) in [5, 5.41) is 0. The number of benzene rings is 1. The van der Waals surface area contributed by atoms with Crippen molar-refractivity contribution in [3.63, 3.8) is 0 Å². The Balaban J connectivity index is 2.94. The highest BCUT2D eigenvalue weighted by Crippen LogP contribution is 2.21. The number of hydrogen-bond acceptors (Lipinski definition) is 2. The van der Waals surface area contributed by atoms with Crippen LogP contribution in [0.5, 0.6) is 0 Å². The minimum Gasteiger partial charge on any atom is -0.332 e. The Labute approximate surface area is 114 Å². The Morgan fingerprint density at radius 1 is 1.44 bits per heavy atom. The fraction of sp³-hybridized carbons (Fsp3) is 0.417. The molecule has 0 saturated carbocycles. The van der Waals surface area contributed by atoms with Crippen LogP contribution in [0.25, 0.3) is 0 Å². The minimum atomic E-state index is -2.56. The Hall–Kier alpha value is -0.810. The van der Waals surface area contributed by atoms with Crippen LogP contribution in [0.3, 0.4) is 0 Å². The van der Waals surface area contributed by atoms with Crippen molar-refractivity contribution < 1.29 is 13.6 Å². The van der Waals surface area contributed by atoms with Crippen LogP contribution in [0, 0.1) is 0 Å². The average molecular weight is 294 g/mol. The molecule has 0 aliphatic rings. The molecule has 1 aromatic rings. The molecule has 0 N–H and O–H groups in total. The maximum atomic E-state index is 12.4. The summed E-state index contributed by atoms with van der Waals surface area (Å²) in [6.07, 6.45) is -0.718. The van der Waals surface area contributed by atoms with E-state index in [1.807, 2.05) is 12.3 Å². The molecule has 0 atom stereocenters. The number of nitrogens with zero attached hydrogens (tertiary/aromatic N) is 1. The Morgan fingerprint density at radius 3 is 2.67 bits per heavy atom. The van der Waals surface area contributed by atoms with Gasteiger partial charge in [0, 0.05) is 17.3 Å². The number of halogens is 3. The van der Waals surface area contributed by atoms with Crippen LogP contribution in [-0.4, -0.2) is 42.5 Å². The van der Waals surface area contributed by atoms with Crippen LogP contribution >= 0.6 is 23.4 Å². The normalized spacial score (nSPS) is 10.7. The third kappa shape index (κ3) is 4.14. The highest BCUT2D eigenvalue weighted by Gasteiger charge is 2.21. The fourth-order valence-electron chi connectivity index (χ4n) is 1.54. The molecular weight excluding hydrogens is 280 g/mol. The molecule has 1 aromatic carbocycles. The van der Waals surface area contributed by atoms with Gasteiger partial charge in [0.25, 0.3) is 12.3 Å². The van der Waals surface area contributed by atoms with E-state index < -0.39 is 18.9 Å². The summed E-state index contributed by atoms with van der Waals surface area (Å²) < 4.78 is 24.8. The fourth-order valence-corrected chi connectivity index (χ4v) is 2.33. The molecule has 0 aliphatic heterocycles. The molecular formula is C12H14ClF2NOS. The van der Waals surface area contributed by atoms with E-state index in [-0.39, 0.29) is 12.4 Å². The van der Waals surface area contributed by atoms with Crippen LogP contribution in [0.2, 0.25) is 0 Å². The van der Waals surface area contributed by atoms with Crippen LogP contribution < -0.4 is 0 Å². The molecule has 6 heteroatoms. The number of carbonyl (C=O) groups is 1. The minimum absolute atomic E-state index is 0.118. The number of alkyl halides is 3. The molecule has 0 bridgehead atoms. The van der Waals surface area contributed by atoms with Gasteiger partial charge in [-0.3, -0.25) is 4.79 Å². The van der Waals surface area contributed by atoms with Gasteiger partial charge in [-0.25, -0.2) is 8.78 Å². The zero-order valence-electron chi connectivity index (χ0n) is 9.91. The summed E-state index contributed by atoms with van der Waals surface area (Å²) in [7, 11) is 0. The standard InChI is InChI=1S/C12H14ClF2NOS/c1-18-10-5-3-2-4-9(10)12(17)16(7-6-13)8-11(14)15/h2-5,11H,6-8H2,1H3. The van der Waals surface area contributed by atoms with Crippen LogP contribution in [-0.2, 0) is 0 Å². The van der Waals surface area contributed by atoms with E-state index >= 15 is 0 Å². The zero-order chi connectivity index (χ0) is 13.5. The second-order valence-electron chi connectivity index (χ2n) is 3.53. The lowest BCUT2D eigenvalue weighted by Gasteiger charge is -2.22. The van der Waals surface area contributed by atoms with Gasteiger partial charge in [0.1, 0.15) is 0 Å². The van der Waals surface area contributed by atoms with E-state index in [2.05, 4.69) is 0 Å². The van der Waals surface area contributed by atoms with E-state index in [9.17, 15) is 13.6 Å². The smallest absolute Gasteiger partial charge is 0.255 e. The van der Waals surface area contributed by atoms with E-state index in [0.29, 0.717) is 5.56 Å². The largest absolute Gasteiger partial charge is 0.332 e. The molecule has 0 heterocycles. The summed E-state index contributed by atoms with van der Waals surface area (Å²) in [6, 6.07) is 6.95. The van der Waals surface area contributed by atoms with E-state index in [4.69, 9.17) is 11.6 Å². The Morgan fingerprint density at radius 2 is 2.11 bits per heavy atom. The first-order valence-corrected chi connectivity index (χ1v) is 7.12. The van der Waals surface area contributed by atoms with Gasteiger partial charge >= 0.3 is 0 Å². The third-order valence-electron chi connectivity index (χ3n) is 2.34. The number of thioether (sulfide) groups is 1. The molecule has 2 nitrogen and oxygen atoms in total. The van der Waals surface area contributed by atoms with Gasteiger partial charge in [-0.2, -0.15) is 0 Å². The lowest BCUT2D eigenvalue weighted by atomic mass is 10.2. The van der Waals surface area contributed by atoms with E-state index in [0.717, 1.165) is 9.80 Å². The first kappa shape index (κ1) is 15.2. The van der Waals surface area contributed by atoms with Crippen LogP contribution in [0.4, 0.5) is 8.78 Å². The Bertz CT molecular complexity index is 403. The zero-order valence-corrected chi connectivity index (χ0v) is 11.5. The molecule has 0 fully saturated rings. The monoisotopic (exact) mass is 293 g/mol.